The Kier molecular flexibility index (Phi) is 21.5. The normalized spacial score (nSPS) is 11.6. The molecular weight excluding hydrogens is 712 g/mol. The topological polar surface area (TPSA) is 296 Å². The van der Waals surface area contributed by atoms with E-state index in [0.717, 1.165) is 0 Å². The lowest BCUT2D eigenvalue weighted by Gasteiger charge is -2.48. The lowest BCUT2D eigenvalue weighted by molar-refractivity contribution is -0.140. The van der Waals surface area contributed by atoms with Crippen LogP contribution in [0.15, 0.2) is 24.8 Å². The molecule has 2 aromatic heterocycles. The molecule has 20 heteroatoms. The van der Waals surface area contributed by atoms with Gasteiger partial charge in [0.2, 0.25) is 5.91 Å². The number of carbonyl (C=O) groups excluding carboxylic acids is 2. The van der Waals surface area contributed by atoms with Crippen LogP contribution >= 0.6 is 0 Å². The number of hydrogen-bond acceptors (Lipinski definition) is 10. The summed E-state index contributed by atoms with van der Waals surface area (Å²) in [5.41, 5.74) is -2.03. The summed E-state index contributed by atoms with van der Waals surface area (Å²) in [7, 11) is 0. The quantitative estimate of drug-likeness (QED) is 0.0844. The number of amides is 3. The second-order valence-corrected chi connectivity index (χ2v) is 13.1. The lowest BCUT2D eigenvalue weighted by Crippen LogP contribution is -2.59. The number of carbonyl (C=O) groups is 7. The van der Waals surface area contributed by atoms with Crippen molar-refractivity contribution in [2.24, 2.45) is 5.41 Å². The number of urea groups is 1. The average Bonchev–Trinajstić information content (AvgIpc) is 3.70. The van der Waals surface area contributed by atoms with E-state index in [9.17, 15) is 48.9 Å². The second kappa shape index (κ2) is 23.9. The fraction of sp³-hybridized carbons (Fsp3) is 0.618. The minimum atomic E-state index is -1.29. The van der Waals surface area contributed by atoms with Gasteiger partial charge >= 0.3 is 35.9 Å². The largest absolute Gasteiger partial charge is 0.481 e. The smallest absolute Gasteiger partial charge is 0.326 e. The molecule has 54 heavy (non-hydrogen) atoms. The predicted molar refractivity (Wildman–Crippen MR) is 193 cm³/mol. The number of rotatable bonds is 21. The molecule has 304 valence electrons. The van der Waals surface area contributed by atoms with Gasteiger partial charge in [-0.1, -0.05) is 27.2 Å². The highest BCUT2D eigenvalue weighted by molar-refractivity contribution is 5.85. The summed E-state index contributed by atoms with van der Waals surface area (Å²) in [5, 5.41) is 51.6. The molecular formula is C34H56N8O12. The third kappa shape index (κ3) is 17.3. The summed E-state index contributed by atoms with van der Waals surface area (Å²) < 4.78 is 2.94. The van der Waals surface area contributed by atoms with Crippen molar-refractivity contribution in [1.29, 1.82) is 0 Å². The molecule has 1 atom stereocenters. The molecule has 8 N–H and O–H groups in total. The third-order valence-corrected chi connectivity index (χ3v) is 8.28. The Morgan fingerprint density at radius 3 is 1.59 bits per heavy atom. The number of imidazole rings is 2. The number of aliphatic carboxylic acids is 5. The molecule has 2 aromatic rings. The fourth-order valence-corrected chi connectivity index (χ4v) is 4.55. The number of carboxylic acids is 5. The molecule has 0 aliphatic rings. The van der Waals surface area contributed by atoms with Crippen molar-refractivity contribution in [3.8, 4) is 0 Å². The number of unbranched alkanes of at least 4 members (excludes halogenated alkanes) is 1. The Bertz CT molecular complexity index is 1480. The second-order valence-electron chi connectivity index (χ2n) is 13.1. The maximum Gasteiger partial charge on any atom is 0.326 e. The molecule has 2 heterocycles. The number of carboxylic acid groups (broad SMARTS) is 5. The van der Waals surface area contributed by atoms with Gasteiger partial charge in [0.05, 0.1) is 18.5 Å². The Morgan fingerprint density at radius 1 is 0.741 bits per heavy atom. The van der Waals surface area contributed by atoms with Gasteiger partial charge in [-0.2, -0.15) is 0 Å². The third-order valence-electron chi connectivity index (χ3n) is 8.28. The van der Waals surface area contributed by atoms with Gasteiger partial charge in [0.1, 0.15) is 37.3 Å². The van der Waals surface area contributed by atoms with E-state index in [0.29, 0.717) is 24.5 Å². The van der Waals surface area contributed by atoms with Crippen LogP contribution in [0.1, 0.15) is 92.2 Å². The van der Waals surface area contributed by atoms with Gasteiger partial charge in [-0.15, -0.1) is 0 Å². The van der Waals surface area contributed by atoms with Crippen LogP contribution in [-0.2, 0) is 54.9 Å². The zero-order valence-electron chi connectivity index (χ0n) is 32.0. The van der Waals surface area contributed by atoms with Crippen LogP contribution < -0.4 is 16.0 Å². The van der Waals surface area contributed by atoms with E-state index in [1.807, 2.05) is 24.1 Å². The highest BCUT2D eigenvalue weighted by atomic mass is 16.4. The number of hydrogen-bond donors (Lipinski definition) is 8. The standard InChI is InChI=1S/C28H42N8O10.C3H6O2.C3H8/c1-27(2,25(45)31-8-6-5-7-18(24(43)44)33-26(46)32-13-21(37)38)28(3,4)36(14-19-29-9-11-34(19)16-22(39)40)15-20-30-10-12-35(20)17-23(41)42;1-2-3(4)5;1-3-2/h9-12,18H,5-8,13-17H2,1-4H3,(H,31,45)(H,37,38)(H,39,40)(H,41,42)(H,43,44)(H2,32,33,46);2H2,1H3,(H,4,5);3H2,1-2H3. The first-order chi connectivity index (χ1) is 25.1. The van der Waals surface area contributed by atoms with Crippen molar-refractivity contribution in [1.82, 2.24) is 40.0 Å². The summed E-state index contributed by atoms with van der Waals surface area (Å²) in [6, 6.07) is -2.18. The Hall–Kier alpha value is -5.53. The number of nitrogens with zero attached hydrogens (tertiary/aromatic N) is 5. The van der Waals surface area contributed by atoms with E-state index < -0.39 is 59.4 Å². The maximum absolute atomic E-state index is 13.6. The Morgan fingerprint density at radius 2 is 1.20 bits per heavy atom. The van der Waals surface area contributed by atoms with Gasteiger partial charge in [0, 0.05) is 43.3 Å². The van der Waals surface area contributed by atoms with Crippen molar-refractivity contribution in [3.63, 3.8) is 0 Å². The molecule has 1 unspecified atom stereocenters. The van der Waals surface area contributed by atoms with Crippen molar-refractivity contribution in [3.05, 3.63) is 36.4 Å². The van der Waals surface area contributed by atoms with Crippen molar-refractivity contribution in [2.45, 2.75) is 118 Å². The summed E-state index contributed by atoms with van der Waals surface area (Å²) in [5.74, 6) is -4.92. The molecule has 0 radical (unpaired) electrons. The van der Waals surface area contributed by atoms with Crippen LogP contribution in [0, 0.1) is 5.41 Å². The van der Waals surface area contributed by atoms with Crippen LogP contribution in [0.2, 0.25) is 0 Å². The van der Waals surface area contributed by atoms with E-state index in [1.54, 1.807) is 20.8 Å². The molecule has 0 aromatic carbocycles. The van der Waals surface area contributed by atoms with Gasteiger partial charge in [-0.05, 0) is 47.0 Å². The molecule has 0 aliphatic heterocycles. The van der Waals surface area contributed by atoms with Gasteiger partial charge in [-0.25, -0.2) is 19.6 Å². The first kappa shape index (κ1) is 48.5. The summed E-state index contributed by atoms with van der Waals surface area (Å²) in [4.78, 5) is 90.2. The van der Waals surface area contributed by atoms with E-state index in [4.69, 9.17) is 10.2 Å². The summed E-state index contributed by atoms with van der Waals surface area (Å²) in [6.45, 7) is 12.1. The molecule has 0 spiro atoms. The SMILES string of the molecule is CC(C)(C(=O)NCCCCC(NC(=O)NCC(=O)O)C(=O)O)C(C)(C)N(Cc1nccn1CC(=O)O)Cc1nccn1CC(=O)O.CCC.CCC(=O)O. The Labute approximate surface area is 314 Å². The molecule has 20 nitrogen and oxygen atoms in total. The number of nitrogens with one attached hydrogen (secondary N) is 3. The minimum Gasteiger partial charge on any atom is -0.481 e. The van der Waals surface area contributed by atoms with E-state index in [1.165, 1.54) is 40.3 Å². The average molecular weight is 769 g/mol. The highest BCUT2D eigenvalue weighted by Gasteiger charge is 2.47. The molecule has 0 bridgehead atoms. The summed E-state index contributed by atoms with van der Waals surface area (Å²) in [6.07, 6.45) is 8.23. The van der Waals surface area contributed by atoms with Crippen LogP contribution in [0.3, 0.4) is 0 Å². The van der Waals surface area contributed by atoms with Crippen molar-refractivity contribution < 1.29 is 59.1 Å². The van der Waals surface area contributed by atoms with Gasteiger partial charge in [-0.3, -0.25) is 28.9 Å². The number of aromatic nitrogens is 4. The zero-order valence-corrected chi connectivity index (χ0v) is 32.0. The lowest BCUT2D eigenvalue weighted by atomic mass is 9.72. The van der Waals surface area contributed by atoms with Gasteiger partial charge in [0.25, 0.3) is 0 Å². The summed E-state index contributed by atoms with van der Waals surface area (Å²) >= 11 is 0. The first-order valence-corrected chi connectivity index (χ1v) is 17.3. The molecule has 2 rings (SSSR count). The zero-order chi connectivity index (χ0) is 41.6. The van der Waals surface area contributed by atoms with E-state index in [-0.39, 0.29) is 51.5 Å². The molecule has 0 aliphatic carbocycles. The van der Waals surface area contributed by atoms with Crippen LogP contribution in [0.5, 0.6) is 0 Å². The molecule has 3 amide bonds. The van der Waals surface area contributed by atoms with Crippen molar-refractivity contribution in [2.75, 3.05) is 13.1 Å². The monoisotopic (exact) mass is 768 g/mol. The van der Waals surface area contributed by atoms with Crippen molar-refractivity contribution >= 4 is 41.8 Å². The van der Waals surface area contributed by atoms with Crippen LogP contribution in [0.4, 0.5) is 4.79 Å². The Balaban J connectivity index is 0.00000318. The van der Waals surface area contributed by atoms with Gasteiger partial charge in [0.15, 0.2) is 0 Å². The van der Waals surface area contributed by atoms with Gasteiger partial charge < -0.3 is 50.6 Å². The molecule has 0 saturated carbocycles. The van der Waals surface area contributed by atoms with E-state index >= 15 is 0 Å². The minimum absolute atomic E-state index is 0.0420. The predicted octanol–water partition coefficient (Wildman–Crippen LogP) is 2.08. The highest BCUT2D eigenvalue weighted by Crippen LogP contribution is 2.38. The fourth-order valence-electron chi connectivity index (χ4n) is 4.55. The van der Waals surface area contributed by atoms with Crippen LogP contribution in [0.25, 0.3) is 0 Å². The first-order valence-electron chi connectivity index (χ1n) is 17.3. The maximum atomic E-state index is 13.6. The van der Waals surface area contributed by atoms with Crippen LogP contribution in [-0.4, -0.2) is 116 Å². The van der Waals surface area contributed by atoms with E-state index in [2.05, 4.69) is 34.4 Å². The molecule has 0 fully saturated rings. The molecule has 0 saturated heterocycles.